The number of ether oxygens (including phenoxy) is 1. The zero-order valence-corrected chi connectivity index (χ0v) is 15.1. The smallest absolute Gasteiger partial charge is 0.236 e. The molecule has 1 aliphatic rings. The van der Waals surface area contributed by atoms with Gasteiger partial charge in [-0.15, -0.1) is 0 Å². The Labute approximate surface area is 143 Å². The van der Waals surface area contributed by atoms with Crippen molar-refractivity contribution in [3.05, 3.63) is 37.0 Å². The molecule has 0 saturated carbocycles. The SMILES string of the molecule is C=C(C)OOC1OC(CC)C(C)C(OOC(=C)C)C1OOC(=C)C. The van der Waals surface area contributed by atoms with Crippen molar-refractivity contribution in [1.29, 1.82) is 0 Å². The van der Waals surface area contributed by atoms with E-state index in [2.05, 4.69) is 19.7 Å². The van der Waals surface area contributed by atoms with E-state index in [0.29, 0.717) is 17.3 Å². The van der Waals surface area contributed by atoms with E-state index in [9.17, 15) is 0 Å². The van der Waals surface area contributed by atoms with Crippen LogP contribution >= 0.6 is 0 Å². The first kappa shape index (κ1) is 20.5. The quantitative estimate of drug-likeness (QED) is 0.338. The highest BCUT2D eigenvalue weighted by atomic mass is 17.3. The average molecular weight is 344 g/mol. The summed E-state index contributed by atoms with van der Waals surface area (Å²) in [5.74, 6) is 1.11. The molecule has 0 amide bonds. The zero-order valence-electron chi connectivity index (χ0n) is 15.1. The molecule has 138 valence electrons. The van der Waals surface area contributed by atoms with Gasteiger partial charge in [0.2, 0.25) is 6.29 Å². The van der Waals surface area contributed by atoms with Gasteiger partial charge in [0, 0.05) is 5.92 Å². The number of hydrogen-bond acceptors (Lipinski definition) is 7. The van der Waals surface area contributed by atoms with E-state index in [4.69, 9.17) is 34.1 Å². The van der Waals surface area contributed by atoms with Gasteiger partial charge in [-0.3, -0.25) is 0 Å². The second-order valence-corrected chi connectivity index (χ2v) is 5.88. The van der Waals surface area contributed by atoms with Crippen molar-refractivity contribution in [3.63, 3.8) is 0 Å². The average Bonchev–Trinajstić information content (AvgIpc) is 2.50. The first-order valence-corrected chi connectivity index (χ1v) is 7.88. The summed E-state index contributed by atoms with van der Waals surface area (Å²) >= 11 is 0. The van der Waals surface area contributed by atoms with Crippen molar-refractivity contribution in [1.82, 2.24) is 0 Å². The Morgan fingerprint density at radius 1 is 0.833 bits per heavy atom. The van der Waals surface area contributed by atoms with Crippen LogP contribution in [0, 0.1) is 5.92 Å². The molecule has 0 bridgehead atoms. The molecule has 1 saturated heterocycles. The molecule has 5 atom stereocenters. The van der Waals surface area contributed by atoms with Gasteiger partial charge in [-0.1, -0.05) is 33.6 Å². The third-order valence-corrected chi connectivity index (χ3v) is 3.30. The van der Waals surface area contributed by atoms with Gasteiger partial charge in [0.1, 0.15) is 23.4 Å². The van der Waals surface area contributed by atoms with Crippen LogP contribution in [0.5, 0.6) is 0 Å². The molecule has 0 radical (unpaired) electrons. The first-order chi connectivity index (χ1) is 11.3. The van der Waals surface area contributed by atoms with E-state index in [-0.39, 0.29) is 12.0 Å². The molecule has 1 heterocycles. The number of rotatable bonds is 10. The van der Waals surface area contributed by atoms with Crippen molar-refractivity contribution in [2.24, 2.45) is 5.92 Å². The second kappa shape index (κ2) is 9.68. The third kappa shape index (κ3) is 6.16. The minimum absolute atomic E-state index is 0.0576. The van der Waals surface area contributed by atoms with Crippen LogP contribution in [0.3, 0.4) is 0 Å². The van der Waals surface area contributed by atoms with Gasteiger partial charge >= 0.3 is 0 Å². The molecular formula is C17H28O7. The Bertz CT molecular complexity index is 448. The maximum atomic E-state index is 5.90. The normalized spacial score (nSPS) is 29.6. The molecule has 5 unspecified atom stereocenters. The molecule has 0 spiro atoms. The molecular weight excluding hydrogens is 316 g/mol. The molecule has 0 aromatic heterocycles. The maximum Gasteiger partial charge on any atom is 0.236 e. The molecule has 24 heavy (non-hydrogen) atoms. The highest BCUT2D eigenvalue weighted by Crippen LogP contribution is 2.33. The standard InChI is InChI=1S/C17H28O7/c1-9-14-13(8)15(22-19-10(2)3)16(23-20-11(4)5)17(18-14)24-21-12(6)7/h13-17H,2,4,6,9H2,1,3,5,7-8H3. The van der Waals surface area contributed by atoms with Crippen LogP contribution in [0.1, 0.15) is 41.0 Å². The monoisotopic (exact) mass is 344 g/mol. The molecule has 1 rings (SSSR count). The van der Waals surface area contributed by atoms with Crippen LogP contribution in [0.15, 0.2) is 37.0 Å². The van der Waals surface area contributed by atoms with E-state index in [0.717, 1.165) is 6.42 Å². The van der Waals surface area contributed by atoms with Crippen molar-refractivity contribution < 1.29 is 34.1 Å². The van der Waals surface area contributed by atoms with E-state index >= 15 is 0 Å². The third-order valence-electron chi connectivity index (χ3n) is 3.30. The predicted molar refractivity (Wildman–Crippen MR) is 86.6 cm³/mol. The Hall–Kier alpha value is -1.54. The minimum Gasteiger partial charge on any atom is -0.343 e. The second-order valence-electron chi connectivity index (χ2n) is 5.88. The lowest BCUT2D eigenvalue weighted by Gasteiger charge is -2.42. The highest BCUT2D eigenvalue weighted by molar-refractivity contribution is 4.88. The molecule has 0 N–H and O–H groups in total. The fraction of sp³-hybridized carbons (Fsp3) is 0.647. The van der Waals surface area contributed by atoms with Gasteiger partial charge in [0.25, 0.3) is 0 Å². The summed E-state index contributed by atoms with van der Waals surface area (Å²) in [6, 6.07) is 0. The Morgan fingerprint density at radius 3 is 1.75 bits per heavy atom. The lowest BCUT2D eigenvalue weighted by Crippen LogP contribution is -2.56. The summed E-state index contributed by atoms with van der Waals surface area (Å²) in [6.07, 6.45) is -1.63. The predicted octanol–water partition coefficient (Wildman–Crippen LogP) is 3.94. The summed E-state index contributed by atoms with van der Waals surface area (Å²) in [7, 11) is 0. The lowest BCUT2D eigenvalue weighted by atomic mass is 9.89. The lowest BCUT2D eigenvalue weighted by molar-refractivity contribution is -0.469. The summed E-state index contributed by atoms with van der Waals surface area (Å²) in [6.45, 7) is 19.8. The van der Waals surface area contributed by atoms with E-state index in [1.54, 1.807) is 20.8 Å². The van der Waals surface area contributed by atoms with Crippen LogP contribution in [-0.4, -0.2) is 24.6 Å². The van der Waals surface area contributed by atoms with Crippen molar-refractivity contribution in [2.45, 2.75) is 65.6 Å². The topological polar surface area (TPSA) is 64.6 Å². The van der Waals surface area contributed by atoms with Gasteiger partial charge in [-0.05, 0) is 27.2 Å². The molecule has 1 fully saturated rings. The van der Waals surface area contributed by atoms with Gasteiger partial charge in [0.05, 0.1) is 6.10 Å². The summed E-state index contributed by atoms with van der Waals surface area (Å²) in [4.78, 5) is 31.4. The molecule has 7 heteroatoms. The van der Waals surface area contributed by atoms with Crippen molar-refractivity contribution in [2.75, 3.05) is 0 Å². The Balaban J connectivity index is 2.95. The first-order valence-electron chi connectivity index (χ1n) is 7.88. The fourth-order valence-corrected chi connectivity index (χ4v) is 2.23. The van der Waals surface area contributed by atoms with Gasteiger partial charge in [0.15, 0.2) is 6.10 Å². The van der Waals surface area contributed by atoms with Gasteiger partial charge in [-0.25, -0.2) is 0 Å². The van der Waals surface area contributed by atoms with Crippen LogP contribution < -0.4 is 0 Å². The molecule has 1 aliphatic heterocycles. The Kier molecular flexibility index (Phi) is 8.27. The summed E-state index contributed by atoms with van der Waals surface area (Å²) in [5.41, 5.74) is 0. The number of allylic oxidation sites excluding steroid dienone is 3. The van der Waals surface area contributed by atoms with Crippen LogP contribution in [0.25, 0.3) is 0 Å². The van der Waals surface area contributed by atoms with Crippen LogP contribution in [0.2, 0.25) is 0 Å². The fourth-order valence-electron chi connectivity index (χ4n) is 2.23. The van der Waals surface area contributed by atoms with Gasteiger partial charge < -0.3 is 19.4 Å². The summed E-state index contributed by atoms with van der Waals surface area (Å²) < 4.78 is 5.90. The highest BCUT2D eigenvalue weighted by Gasteiger charge is 2.49. The zero-order chi connectivity index (χ0) is 18.3. The van der Waals surface area contributed by atoms with E-state index in [1.165, 1.54) is 0 Å². The molecule has 7 nitrogen and oxygen atoms in total. The van der Waals surface area contributed by atoms with Crippen molar-refractivity contribution in [3.8, 4) is 0 Å². The largest absolute Gasteiger partial charge is 0.343 e. The Morgan fingerprint density at radius 2 is 1.29 bits per heavy atom. The van der Waals surface area contributed by atoms with Crippen molar-refractivity contribution >= 4 is 0 Å². The van der Waals surface area contributed by atoms with Crippen LogP contribution in [0.4, 0.5) is 0 Å². The molecule has 0 aromatic rings. The molecule has 0 aromatic carbocycles. The van der Waals surface area contributed by atoms with E-state index in [1.807, 2.05) is 13.8 Å². The van der Waals surface area contributed by atoms with Gasteiger partial charge in [-0.2, -0.15) is 14.7 Å². The van der Waals surface area contributed by atoms with Crippen LogP contribution in [-0.2, 0) is 34.1 Å². The number of hydrogen-bond donors (Lipinski definition) is 0. The minimum atomic E-state index is -0.902. The maximum absolute atomic E-state index is 5.90. The molecule has 0 aliphatic carbocycles. The summed E-state index contributed by atoms with van der Waals surface area (Å²) in [5, 5.41) is 0. The van der Waals surface area contributed by atoms with E-state index < -0.39 is 18.5 Å².